The molecular weight excluding hydrogens is 323 g/mol. The first-order valence-corrected chi connectivity index (χ1v) is 7.97. The second kappa shape index (κ2) is 6.43. The lowest BCUT2D eigenvalue weighted by molar-refractivity contribution is -0.128. The molecule has 1 fully saturated rings. The Hall–Kier alpha value is -3.09. The van der Waals surface area contributed by atoms with Crippen molar-refractivity contribution in [3.05, 3.63) is 65.9 Å². The Labute approximate surface area is 143 Å². The molecule has 1 amide bonds. The molecule has 0 spiro atoms. The van der Waals surface area contributed by atoms with Gasteiger partial charge in [0, 0.05) is 31.3 Å². The van der Waals surface area contributed by atoms with Crippen LogP contribution in [0.15, 0.2) is 53.2 Å². The number of aromatic nitrogens is 3. The Morgan fingerprint density at radius 1 is 1.20 bits per heavy atom. The molecule has 126 valence electrons. The molecule has 0 N–H and O–H groups in total. The molecule has 0 saturated carbocycles. The summed E-state index contributed by atoms with van der Waals surface area (Å²) < 4.78 is 19.1. The first kappa shape index (κ1) is 15.4. The van der Waals surface area contributed by atoms with E-state index >= 15 is 0 Å². The third-order valence-corrected chi connectivity index (χ3v) is 4.22. The smallest absolute Gasteiger partial charge is 0.232 e. The zero-order valence-corrected chi connectivity index (χ0v) is 13.3. The van der Waals surface area contributed by atoms with Gasteiger partial charge < -0.3 is 9.42 Å². The Morgan fingerprint density at radius 3 is 2.84 bits per heavy atom. The minimum Gasteiger partial charge on any atom is -0.339 e. The van der Waals surface area contributed by atoms with Crippen LogP contribution >= 0.6 is 0 Å². The van der Waals surface area contributed by atoms with Crippen molar-refractivity contribution in [3.8, 4) is 11.5 Å². The monoisotopic (exact) mass is 338 g/mol. The number of likely N-dealkylation sites (tertiary alicyclic amines) is 1. The maximum Gasteiger partial charge on any atom is 0.232 e. The van der Waals surface area contributed by atoms with Crippen LogP contribution < -0.4 is 0 Å². The summed E-state index contributed by atoms with van der Waals surface area (Å²) in [6, 6.07) is 11.9. The van der Waals surface area contributed by atoms with Gasteiger partial charge in [0.05, 0.1) is 5.92 Å². The molecule has 4 rings (SSSR count). The molecule has 1 aliphatic heterocycles. The molecule has 0 aliphatic carbocycles. The van der Waals surface area contributed by atoms with Crippen LogP contribution in [0.25, 0.3) is 11.5 Å². The highest BCUT2D eigenvalue weighted by Crippen LogP contribution is 2.29. The number of halogens is 1. The number of rotatable bonds is 4. The van der Waals surface area contributed by atoms with Crippen molar-refractivity contribution in [1.82, 2.24) is 20.0 Å². The lowest BCUT2D eigenvalue weighted by Crippen LogP contribution is -2.24. The molecule has 1 atom stereocenters. The van der Waals surface area contributed by atoms with E-state index in [1.165, 1.54) is 6.07 Å². The van der Waals surface area contributed by atoms with E-state index in [0.29, 0.717) is 29.5 Å². The van der Waals surface area contributed by atoms with Crippen molar-refractivity contribution in [3.63, 3.8) is 0 Å². The fourth-order valence-electron chi connectivity index (χ4n) is 2.92. The van der Waals surface area contributed by atoms with Crippen LogP contribution in [0.5, 0.6) is 0 Å². The summed E-state index contributed by atoms with van der Waals surface area (Å²) in [5.41, 5.74) is 1.11. The average Bonchev–Trinajstić information content (AvgIpc) is 3.25. The predicted molar refractivity (Wildman–Crippen MR) is 86.7 cm³/mol. The number of nitrogens with zero attached hydrogens (tertiary/aromatic N) is 4. The van der Waals surface area contributed by atoms with Crippen molar-refractivity contribution < 1.29 is 13.7 Å². The van der Waals surface area contributed by atoms with Gasteiger partial charge >= 0.3 is 0 Å². The van der Waals surface area contributed by atoms with Gasteiger partial charge in [-0.3, -0.25) is 9.78 Å². The molecule has 2 aromatic heterocycles. The van der Waals surface area contributed by atoms with Crippen molar-refractivity contribution in [2.45, 2.75) is 18.9 Å². The van der Waals surface area contributed by atoms with E-state index < -0.39 is 0 Å². The summed E-state index contributed by atoms with van der Waals surface area (Å²) in [4.78, 5) is 22.4. The van der Waals surface area contributed by atoms with Crippen molar-refractivity contribution in [1.29, 1.82) is 0 Å². The van der Waals surface area contributed by atoms with Crippen LogP contribution in [0.4, 0.5) is 4.39 Å². The Balaban J connectivity index is 1.49. The molecule has 1 saturated heterocycles. The minimum absolute atomic E-state index is 0.0501. The SMILES string of the molecule is O=C1C[C@@H](c2nc(-c3ccccn3)no2)CN1Cc1ccccc1F. The van der Waals surface area contributed by atoms with Crippen LogP contribution in [-0.2, 0) is 11.3 Å². The van der Waals surface area contributed by atoms with E-state index in [1.807, 2.05) is 6.07 Å². The molecule has 1 aliphatic rings. The number of amides is 1. The van der Waals surface area contributed by atoms with Gasteiger partial charge in [0.2, 0.25) is 17.6 Å². The highest BCUT2D eigenvalue weighted by molar-refractivity contribution is 5.79. The summed E-state index contributed by atoms with van der Waals surface area (Å²) in [6.45, 7) is 0.667. The number of pyridine rings is 1. The molecule has 0 bridgehead atoms. The first-order valence-electron chi connectivity index (χ1n) is 7.97. The van der Waals surface area contributed by atoms with Crippen LogP contribution in [0.2, 0.25) is 0 Å². The van der Waals surface area contributed by atoms with Gasteiger partial charge in [-0.25, -0.2) is 4.39 Å². The van der Waals surface area contributed by atoms with Crippen LogP contribution in [0.3, 0.4) is 0 Å². The molecule has 0 unspecified atom stereocenters. The molecule has 3 aromatic rings. The summed E-state index contributed by atoms with van der Waals surface area (Å²) >= 11 is 0. The Kier molecular flexibility index (Phi) is 3.97. The van der Waals surface area contributed by atoms with Gasteiger partial charge in [0.15, 0.2) is 0 Å². The quantitative estimate of drug-likeness (QED) is 0.731. The molecule has 25 heavy (non-hydrogen) atoms. The topological polar surface area (TPSA) is 72.1 Å². The molecular formula is C18H15FN4O2. The van der Waals surface area contributed by atoms with E-state index in [2.05, 4.69) is 15.1 Å². The fourth-order valence-corrected chi connectivity index (χ4v) is 2.92. The van der Waals surface area contributed by atoms with Crippen molar-refractivity contribution >= 4 is 5.91 Å². The number of carbonyl (C=O) groups excluding carboxylic acids is 1. The zero-order valence-electron chi connectivity index (χ0n) is 13.3. The van der Waals surface area contributed by atoms with E-state index in [0.717, 1.165) is 0 Å². The molecule has 0 radical (unpaired) electrons. The molecule has 1 aromatic carbocycles. The predicted octanol–water partition coefficient (Wildman–Crippen LogP) is 2.79. The lowest BCUT2D eigenvalue weighted by Gasteiger charge is -2.16. The van der Waals surface area contributed by atoms with Gasteiger partial charge in [0.1, 0.15) is 11.5 Å². The number of hydrogen-bond donors (Lipinski definition) is 0. The van der Waals surface area contributed by atoms with Gasteiger partial charge in [0.25, 0.3) is 0 Å². The van der Waals surface area contributed by atoms with Crippen LogP contribution in [-0.4, -0.2) is 32.5 Å². The maximum atomic E-state index is 13.8. The normalized spacial score (nSPS) is 17.2. The number of carbonyl (C=O) groups is 1. The summed E-state index contributed by atoms with van der Waals surface area (Å²) in [7, 11) is 0. The zero-order chi connectivity index (χ0) is 17.2. The van der Waals surface area contributed by atoms with E-state index in [9.17, 15) is 9.18 Å². The van der Waals surface area contributed by atoms with Gasteiger partial charge in [-0.05, 0) is 18.2 Å². The highest BCUT2D eigenvalue weighted by Gasteiger charge is 2.34. The fraction of sp³-hybridized carbons (Fsp3) is 0.222. The van der Waals surface area contributed by atoms with Crippen molar-refractivity contribution in [2.75, 3.05) is 6.54 Å². The largest absolute Gasteiger partial charge is 0.339 e. The molecule has 3 heterocycles. The second-order valence-corrected chi connectivity index (χ2v) is 5.94. The maximum absolute atomic E-state index is 13.8. The summed E-state index contributed by atoms with van der Waals surface area (Å²) in [6.07, 6.45) is 1.93. The molecule has 6 nitrogen and oxygen atoms in total. The number of hydrogen-bond acceptors (Lipinski definition) is 5. The third kappa shape index (κ3) is 3.13. The van der Waals surface area contributed by atoms with Crippen LogP contribution in [0, 0.1) is 5.82 Å². The first-order chi connectivity index (χ1) is 12.2. The van der Waals surface area contributed by atoms with Crippen molar-refractivity contribution in [2.24, 2.45) is 0 Å². The van der Waals surface area contributed by atoms with Gasteiger partial charge in [-0.1, -0.05) is 29.4 Å². The van der Waals surface area contributed by atoms with Crippen LogP contribution in [0.1, 0.15) is 23.8 Å². The van der Waals surface area contributed by atoms with E-state index in [-0.39, 0.29) is 30.6 Å². The number of benzene rings is 1. The standard InChI is InChI=1S/C18H15FN4O2/c19-14-6-2-1-5-12(14)10-23-11-13(9-16(23)24)18-21-17(22-25-18)15-7-3-4-8-20-15/h1-8,13H,9-11H2/t13-/m1/s1. The average molecular weight is 338 g/mol. The minimum atomic E-state index is -0.311. The van der Waals surface area contributed by atoms with Gasteiger partial charge in [-0.2, -0.15) is 4.98 Å². The second-order valence-electron chi connectivity index (χ2n) is 5.94. The van der Waals surface area contributed by atoms with Gasteiger partial charge in [-0.15, -0.1) is 0 Å². The lowest BCUT2D eigenvalue weighted by atomic mass is 10.1. The Bertz CT molecular complexity index is 897. The van der Waals surface area contributed by atoms with E-state index in [4.69, 9.17) is 4.52 Å². The molecule has 7 heteroatoms. The summed E-state index contributed by atoms with van der Waals surface area (Å²) in [5, 5.41) is 3.94. The van der Waals surface area contributed by atoms with E-state index in [1.54, 1.807) is 41.4 Å². The summed E-state index contributed by atoms with van der Waals surface area (Å²) in [5.74, 6) is 0.254. The highest BCUT2D eigenvalue weighted by atomic mass is 19.1. The Morgan fingerprint density at radius 2 is 2.04 bits per heavy atom. The third-order valence-electron chi connectivity index (χ3n) is 4.22.